The van der Waals surface area contributed by atoms with E-state index in [1.165, 1.54) is 0 Å². The number of carboxylic acid groups (broad SMARTS) is 1. The molecule has 2 atom stereocenters. The zero-order valence-corrected chi connectivity index (χ0v) is 18.8. The molecule has 0 aliphatic rings. The summed E-state index contributed by atoms with van der Waals surface area (Å²) >= 11 is 6.15. The second kappa shape index (κ2) is 9.36. The van der Waals surface area contributed by atoms with Crippen LogP contribution in [0.5, 0.6) is 11.5 Å². The van der Waals surface area contributed by atoms with Gasteiger partial charge in [-0.1, -0.05) is 75.7 Å². The van der Waals surface area contributed by atoms with Gasteiger partial charge in [0.05, 0.1) is 17.4 Å². The number of para-hydroxylation sites is 1. The molecule has 0 fully saturated rings. The van der Waals surface area contributed by atoms with Crippen molar-refractivity contribution in [3.63, 3.8) is 0 Å². The van der Waals surface area contributed by atoms with Crippen molar-refractivity contribution in [3.05, 3.63) is 71.3 Å². The maximum atomic E-state index is 12.8. The number of aliphatic carboxylic acids is 1. The van der Waals surface area contributed by atoms with Gasteiger partial charge in [-0.25, -0.2) is 0 Å². The number of nitriles is 1. The summed E-state index contributed by atoms with van der Waals surface area (Å²) < 4.78 is 5.91. The Hall–Kier alpha value is -2.77. The molecule has 0 bridgehead atoms. The fourth-order valence-corrected chi connectivity index (χ4v) is 4.81. The van der Waals surface area contributed by atoms with Gasteiger partial charge in [0.15, 0.2) is 0 Å². The molecular formula is C25H28ClNO3. The molecule has 2 aromatic rings. The molecule has 0 spiro atoms. The van der Waals surface area contributed by atoms with E-state index < -0.39 is 22.7 Å². The van der Waals surface area contributed by atoms with Crippen LogP contribution in [0.15, 0.2) is 65.7 Å². The van der Waals surface area contributed by atoms with Gasteiger partial charge in [-0.2, -0.15) is 5.26 Å². The first-order valence-electron chi connectivity index (χ1n) is 9.87. The highest BCUT2D eigenvalue weighted by Crippen LogP contribution is 2.56. The SMILES string of the molecule is CC(Cl)=CC(C)(C)C(C(=O)O)(C(C)C)C(C#N)c1cccc(Oc2ccccc2)c1. The largest absolute Gasteiger partial charge is 0.481 e. The number of carbonyl (C=O) groups is 1. The quantitative estimate of drug-likeness (QED) is 0.495. The van der Waals surface area contributed by atoms with Gasteiger partial charge in [-0.3, -0.25) is 4.79 Å². The summed E-state index contributed by atoms with van der Waals surface area (Å²) in [7, 11) is 0. The van der Waals surface area contributed by atoms with Crippen LogP contribution in [0, 0.1) is 28.1 Å². The Labute approximate surface area is 183 Å². The van der Waals surface area contributed by atoms with Crippen LogP contribution in [0.1, 0.15) is 46.1 Å². The molecule has 30 heavy (non-hydrogen) atoms. The molecule has 4 nitrogen and oxygen atoms in total. The van der Waals surface area contributed by atoms with Crippen molar-refractivity contribution in [1.82, 2.24) is 0 Å². The van der Waals surface area contributed by atoms with Gasteiger partial charge in [0.2, 0.25) is 0 Å². The van der Waals surface area contributed by atoms with Gasteiger partial charge in [-0.15, -0.1) is 0 Å². The van der Waals surface area contributed by atoms with Crippen molar-refractivity contribution >= 4 is 17.6 Å². The van der Waals surface area contributed by atoms with E-state index in [2.05, 4.69) is 6.07 Å². The minimum atomic E-state index is -1.41. The number of hydrogen-bond acceptors (Lipinski definition) is 3. The number of ether oxygens (including phenoxy) is 1. The number of carboxylic acids is 1. The zero-order valence-electron chi connectivity index (χ0n) is 18.0. The van der Waals surface area contributed by atoms with Crippen molar-refractivity contribution < 1.29 is 14.6 Å². The minimum Gasteiger partial charge on any atom is -0.481 e. The van der Waals surface area contributed by atoms with Crippen molar-refractivity contribution in [2.24, 2.45) is 16.7 Å². The third kappa shape index (κ3) is 4.52. The van der Waals surface area contributed by atoms with Crippen LogP contribution >= 0.6 is 11.6 Å². The first-order valence-corrected chi connectivity index (χ1v) is 10.2. The first kappa shape index (κ1) is 23.5. The highest BCUT2D eigenvalue weighted by molar-refractivity contribution is 6.29. The summed E-state index contributed by atoms with van der Waals surface area (Å²) in [6.45, 7) is 9.03. The minimum absolute atomic E-state index is 0.347. The van der Waals surface area contributed by atoms with Crippen LogP contribution < -0.4 is 4.74 Å². The summed E-state index contributed by atoms with van der Waals surface area (Å²) in [5, 5.41) is 21.1. The lowest BCUT2D eigenvalue weighted by molar-refractivity contribution is -0.160. The molecule has 5 heteroatoms. The van der Waals surface area contributed by atoms with Crippen molar-refractivity contribution in [3.8, 4) is 17.6 Å². The number of halogens is 1. The summed E-state index contributed by atoms with van der Waals surface area (Å²) in [4.78, 5) is 12.8. The Morgan fingerprint density at radius 1 is 1.13 bits per heavy atom. The van der Waals surface area contributed by atoms with E-state index in [-0.39, 0.29) is 5.92 Å². The Morgan fingerprint density at radius 3 is 2.23 bits per heavy atom. The monoisotopic (exact) mass is 425 g/mol. The molecule has 1 N–H and O–H groups in total. The van der Waals surface area contributed by atoms with E-state index in [9.17, 15) is 15.2 Å². The standard InChI is InChI=1S/C25H28ClNO3/c1-17(2)25(23(28)29,24(4,5)15-18(3)26)22(16-27)19-10-9-13-21(14-19)30-20-11-7-6-8-12-20/h6-15,17,22H,1-5H3,(H,28,29). The Balaban J connectivity index is 2.64. The Bertz CT molecular complexity index is 956. The van der Waals surface area contributed by atoms with Gasteiger partial charge < -0.3 is 9.84 Å². The average Bonchev–Trinajstić information content (AvgIpc) is 2.65. The summed E-state index contributed by atoms with van der Waals surface area (Å²) in [5.74, 6) is -1.09. The number of benzene rings is 2. The summed E-state index contributed by atoms with van der Waals surface area (Å²) in [5.41, 5.74) is -1.71. The van der Waals surface area contributed by atoms with Crippen LogP contribution in [0.4, 0.5) is 0 Å². The lowest BCUT2D eigenvalue weighted by Gasteiger charge is -2.48. The smallest absolute Gasteiger partial charge is 0.312 e. The molecule has 0 aliphatic carbocycles. The predicted octanol–water partition coefficient (Wildman–Crippen LogP) is 6.98. The molecule has 0 heterocycles. The number of nitrogens with zero attached hydrogens (tertiary/aromatic N) is 1. The maximum absolute atomic E-state index is 12.8. The Morgan fingerprint density at radius 2 is 1.73 bits per heavy atom. The third-order valence-corrected chi connectivity index (χ3v) is 5.75. The van der Waals surface area contributed by atoms with Crippen LogP contribution in [-0.2, 0) is 4.79 Å². The third-order valence-electron chi connectivity index (χ3n) is 5.65. The number of rotatable bonds is 8. The van der Waals surface area contributed by atoms with Crippen molar-refractivity contribution in [2.75, 3.05) is 0 Å². The predicted molar refractivity (Wildman–Crippen MR) is 120 cm³/mol. The van der Waals surface area contributed by atoms with E-state index in [1.807, 2.05) is 58.0 Å². The second-order valence-electron chi connectivity index (χ2n) is 8.33. The fraction of sp³-hybridized carbons (Fsp3) is 0.360. The molecule has 0 saturated carbocycles. The van der Waals surface area contributed by atoms with Crippen LogP contribution in [0.3, 0.4) is 0 Å². The molecule has 0 aliphatic heterocycles. The van der Waals surface area contributed by atoms with Gasteiger partial charge in [-0.05, 0) is 42.7 Å². The van der Waals surface area contributed by atoms with E-state index in [4.69, 9.17) is 16.3 Å². The topological polar surface area (TPSA) is 70.3 Å². The van der Waals surface area contributed by atoms with E-state index in [0.29, 0.717) is 22.1 Å². The van der Waals surface area contributed by atoms with Gasteiger partial charge in [0.25, 0.3) is 0 Å². The van der Waals surface area contributed by atoms with E-state index in [1.54, 1.807) is 37.3 Å². The molecule has 0 radical (unpaired) electrons. The lowest BCUT2D eigenvalue weighted by atomic mass is 9.52. The highest BCUT2D eigenvalue weighted by atomic mass is 35.5. The van der Waals surface area contributed by atoms with Crippen LogP contribution in [-0.4, -0.2) is 11.1 Å². The summed E-state index contributed by atoms with van der Waals surface area (Å²) in [6, 6.07) is 18.7. The zero-order chi connectivity index (χ0) is 22.5. The van der Waals surface area contributed by atoms with Crippen LogP contribution in [0.2, 0.25) is 0 Å². The number of allylic oxidation sites excluding steroid dienone is 2. The Kier molecular flexibility index (Phi) is 7.34. The molecule has 0 saturated heterocycles. The molecule has 2 rings (SSSR count). The van der Waals surface area contributed by atoms with Crippen LogP contribution in [0.25, 0.3) is 0 Å². The molecular weight excluding hydrogens is 398 g/mol. The first-order chi connectivity index (χ1) is 14.1. The lowest BCUT2D eigenvalue weighted by Crippen LogP contribution is -2.51. The maximum Gasteiger partial charge on any atom is 0.312 e. The summed E-state index contributed by atoms with van der Waals surface area (Å²) in [6.07, 6.45) is 1.73. The molecule has 158 valence electrons. The van der Waals surface area contributed by atoms with Gasteiger partial charge in [0, 0.05) is 10.4 Å². The highest BCUT2D eigenvalue weighted by Gasteiger charge is 2.58. The van der Waals surface area contributed by atoms with Gasteiger partial charge in [0.1, 0.15) is 11.5 Å². The van der Waals surface area contributed by atoms with Crippen molar-refractivity contribution in [1.29, 1.82) is 5.26 Å². The van der Waals surface area contributed by atoms with E-state index in [0.717, 1.165) is 0 Å². The molecule has 0 amide bonds. The van der Waals surface area contributed by atoms with Crippen molar-refractivity contribution in [2.45, 2.75) is 40.5 Å². The fourth-order valence-electron chi connectivity index (χ4n) is 4.53. The molecule has 2 unspecified atom stereocenters. The molecule has 2 aromatic carbocycles. The second-order valence-corrected chi connectivity index (χ2v) is 8.93. The average molecular weight is 426 g/mol. The number of hydrogen-bond donors (Lipinski definition) is 1. The molecule has 0 aromatic heterocycles. The van der Waals surface area contributed by atoms with Gasteiger partial charge >= 0.3 is 5.97 Å². The normalized spacial score (nSPS) is 15.2. The van der Waals surface area contributed by atoms with E-state index >= 15 is 0 Å².